The average molecular weight is 283 g/mol. The van der Waals surface area contributed by atoms with Crippen molar-refractivity contribution in [1.29, 1.82) is 0 Å². The molecule has 0 aliphatic heterocycles. The molecule has 0 spiro atoms. The maximum absolute atomic E-state index is 4.49. The lowest BCUT2D eigenvalue weighted by atomic mass is 10.2. The lowest BCUT2D eigenvalue weighted by Crippen LogP contribution is -2.15. The molecule has 1 unspecified atom stereocenters. The number of hydrogen-bond acceptors (Lipinski definition) is 3. The van der Waals surface area contributed by atoms with Crippen molar-refractivity contribution in [3.63, 3.8) is 0 Å². The molecule has 0 saturated heterocycles. The van der Waals surface area contributed by atoms with E-state index < -0.39 is 0 Å². The first kappa shape index (κ1) is 12.9. The Balaban J connectivity index is 1.94. The van der Waals surface area contributed by atoms with E-state index in [4.69, 9.17) is 0 Å². The Labute approximate surface area is 122 Å². The summed E-state index contributed by atoms with van der Waals surface area (Å²) in [6.07, 6.45) is 3.82. The number of nitrogens with one attached hydrogen (secondary N) is 1. The Bertz CT molecular complexity index is 668. The van der Waals surface area contributed by atoms with Crippen molar-refractivity contribution >= 4 is 17.0 Å². The number of rotatable bonds is 4. The summed E-state index contributed by atoms with van der Waals surface area (Å²) in [5.74, 6) is 1.02. The van der Waals surface area contributed by atoms with E-state index in [1.807, 2.05) is 19.4 Å². The lowest BCUT2D eigenvalue weighted by molar-refractivity contribution is 0.756. The molecule has 0 aliphatic rings. The summed E-state index contributed by atoms with van der Waals surface area (Å²) in [4.78, 5) is 5.76. The minimum Gasteiger partial charge on any atom is -0.371 e. The van der Waals surface area contributed by atoms with Crippen LogP contribution in [0.1, 0.15) is 22.3 Å². The third kappa shape index (κ3) is 2.60. The third-order valence-corrected chi connectivity index (χ3v) is 4.24. The highest BCUT2D eigenvalue weighted by Crippen LogP contribution is 2.28. The normalized spacial score (nSPS) is 12.3. The molecule has 1 aromatic carbocycles. The Kier molecular flexibility index (Phi) is 3.56. The molecule has 1 atom stereocenters. The van der Waals surface area contributed by atoms with Gasteiger partial charge in [0.05, 0.1) is 0 Å². The van der Waals surface area contributed by atoms with Crippen LogP contribution in [0.15, 0.2) is 54.2 Å². The summed E-state index contributed by atoms with van der Waals surface area (Å²) in [7, 11) is 2.03. The SMILES string of the molecule is Cc1ccc(NC(c2cccs2)c2nccn2C)cc1. The van der Waals surface area contributed by atoms with Crippen LogP contribution in [0.5, 0.6) is 0 Å². The van der Waals surface area contributed by atoms with Gasteiger partial charge in [0.25, 0.3) is 0 Å². The van der Waals surface area contributed by atoms with E-state index in [9.17, 15) is 0 Å². The van der Waals surface area contributed by atoms with Gasteiger partial charge in [-0.2, -0.15) is 0 Å². The van der Waals surface area contributed by atoms with Gasteiger partial charge in [0.1, 0.15) is 11.9 Å². The molecule has 0 saturated carbocycles. The Morgan fingerprint density at radius 2 is 2.00 bits per heavy atom. The first-order valence-corrected chi connectivity index (χ1v) is 7.46. The highest BCUT2D eigenvalue weighted by atomic mass is 32.1. The monoisotopic (exact) mass is 283 g/mol. The quantitative estimate of drug-likeness (QED) is 0.784. The first-order chi connectivity index (χ1) is 9.74. The molecule has 3 aromatic rings. The van der Waals surface area contributed by atoms with Crippen LogP contribution in [0, 0.1) is 6.92 Å². The fourth-order valence-electron chi connectivity index (χ4n) is 2.19. The second-order valence-corrected chi connectivity index (χ2v) is 5.83. The van der Waals surface area contributed by atoms with Gasteiger partial charge in [0, 0.05) is 30.0 Å². The fourth-order valence-corrected chi connectivity index (χ4v) is 2.96. The third-order valence-electron chi connectivity index (χ3n) is 3.31. The van der Waals surface area contributed by atoms with Gasteiger partial charge in [0.15, 0.2) is 0 Å². The number of hydrogen-bond donors (Lipinski definition) is 1. The van der Waals surface area contributed by atoms with Crippen LogP contribution in [0.25, 0.3) is 0 Å². The summed E-state index contributed by atoms with van der Waals surface area (Å²) < 4.78 is 2.06. The molecule has 0 radical (unpaired) electrons. The predicted octanol–water partition coefficient (Wildman–Crippen LogP) is 3.99. The van der Waals surface area contributed by atoms with Crippen LogP contribution in [-0.4, -0.2) is 9.55 Å². The van der Waals surface area contributed by atoms with Gasteiger partial charge in [-0.3, -0.25) is 0 Å². The van der Waals surface area contributed by atoms with Crippen molar-refractivity contribution in [2.75, 3.05) is 5.32 Å². The zero-order valence-corrected chi connectivity index (χ0v) is 12.4. The average Bonchev–Trinajstić information content (AvgIpc) is 3.10. The van der Waals surface area contributed by atoms with Crippen molar-refractivity contribution in [2.45, 2.75) is 13.0 Å². The number of imidazole rings is 1. The Morgan fingerprint density at radius 1 is 1.20 bits per heavy atom. The molecule has 3 rings (SSSR count). The largest absolute Gasteiger partial charge is 0.371 e. The predicted molar refractivity (Wildman–Crippen MR) is 84.2 cm³/mol. The topological polar surface area (TPSA) is 29.9 Å². The zero-order valence-electron chi connectivity index (χ0n) is 11.6. The summed E-state index contributed by atoms with van der Waals surface area (Å²) in [6.45, 7) is 2.10. The minimum atomic E-state index is 0.0812. The maximum atomic E-state index is 4.49. The van der Waals surface area contributed by atoms with E-state index in [1.54, 1.807) is 11.3 Å². The van der Waals surface area contributed by atoms with Gasteiger partial charge in [-0.25, -0.2) is 4.98 Å². The van der Waals surface area contributed by atoms with Gasteiger partial charge >= 0.3 is 0 Å². The molecular formula is C16H17N3S. The number of aromatic nitrogens is 2. The van der Waals surface area contributed by atoms with E-state index >= 15 is 0 Å². The number of thiophene rings is 1. The minimum absolute atomic E-state index is 0.0812. The molecule has 0 aliphatic carbocycles. The lowest BCUT2D eigenvalue weighted by Gasteiger charge is -2.18. The maximum Gasteiger partial charge on any atom is 0.136 e. The van der Waals surface area contributed by atoms with Crippen LogP contribution in [0.3, 0.4) is 0 Å². The van der Waals surface area contributed by atoms with Crippen molar-refractivity contribution in [3.05, 3.63) is 70.4 Å². The van der Waals surface area contributed by atoms with E-state index in [2.05, 4.69) is 63.6 Å². The van der Waals surface area contributed by atoms with Crippen molar-refractivity contribution in [2.24, 2.45) is 7.05 Å². The van der Waals surface area contributed by atoms with Crippen molar-refractivity contribution < 1.29 is 0 Å². The number of nitrogens with zero attached hydrogens (tertiary/aromatic N) is 2. The van der Waals surface area contributed by atoms with Crippen LogP contribution in [-0.2, 0) is 7.05 Å². The van der Waals surface area contributed by atoms with Crippen LogP contribution in [0.2, 0.25) is 0 Å². The molecule has 102 valence electrons. The van der Waals surface area contributed by atoms with Gasteiger partial charge in [-0.15, -0.1) is 11.3 Å². The molecule has 3 nitrogen and oxygen atoms in total. The zero-order chi connectivity index (χ0) is 13.9. The molecule has 1 N–H and O–H groups in total. The molecule has 20 heavy (non-hydrogen) atoms. The second-order valence-electron chi connectivity index (χ2n) is 4.86. The smallest absolute Gasteiger partial charge is 0.136 e. The highest BCUT2D eigenvalue weighted by Gasteiger charge is 2.19. The Morgan fingerprint density at radius 3 is 2.60 bits per heavy atom. The van der Waals surface area contributed by atoms with Crippen molar-refractivity contribution in [3.8, 4) is 0 Å². The first-order valence-electron chi connectivity index (χ1n) is 6.58. The van der Waals surface area contributed by atoms with E-state index in [1.165, 1.54) is 10.4 Å². The van der Waals surface area contributed by atoms with E-state index in [0.717, 1.165) is 11.5 Å². The van der Waals surface area contributed by atoms with E-state index in [0.29, 0.717) is 0 Å². The Hall–Kier alpha value is -2.07. The summed E-state index contributed by atoms with van der Waals surface area (Å²) in [5, 5.41) is 5.68. The number of benzene rings is 1. The second kappa shape index (κ2) is 5.51. The van der Waals surface area contributed by atoms with Gasteiger partial charge in [-0.1, -0.05) is 23.8 Å². The number of aryl methyl sites for hydroxylation is 2. The highest BCUT2D eigenvalue weighted by molar-refractivity contribution is 7.10. The molecule has 0 amide bonds. The molecule has 4 heteroatoms. The van der Waals surface area contributed by atoms with E-state index in [-0.39, 0.29) is 6.04 Å². The standard InChI is InChI=1S/C16H17N3S/c1-12-5-7-13(8-6-12)18-15(14-4-3-11-20-14)16-17-9-10-19(16)2/h3-11,15,18H,1-2H3. The van der Waals surface area contributed by atoms with Crippen LogP contribution in [0.4, 0.5) is 5.69 Å². The molecule has 2 aromatic heterocycles. The molecule has 0 fully saturated rings. The van der Waals surface area contributed by atoms with Crippen LogP contribution < -0.4 is 5.32 Å². The van der Waals surface area contributed by atoms with Crippen LogP contribution >= 0.6 is 11.3 Å². The summed E-state index contributed by atoms with van der Waals surface area (Å²) in [6, 6.07) is 12.8. The summed E-state index contributed by atoms with van der Waals surface area (Å²) >= 11 is 1.74. The molecular weight excluding hydrogens is 266 g/mol. The van der Waals surface area contributed by atoms with Gasteiger partial charge < -0.3 is 9.88 Å². The van der Waals surface area contributed by atoms with Gasteiger partial charge in [-0.05, 0) is 30.5 Å². The molecule has 2 heterocycles. The summed E-state index contributed by atoms with van der Waals surface area (Å²) in [5.41, 5.74) is 2.37. The fraction of sp³-hybridized carbons (Fsp3) is 0.188. The number of anilines is 1. The molecule has 0 bridgehead atoms. The van der Waals surface area contributed by atoms with Crippen molar-refractivity contribution in [1.82, 2.24) is 9.55 Å². The van der Waals surface area contributed by atoms with Gasteiger partial charge in [0.2, 0.25) is 0 Å².